The SMILES string of the molecule is CCCCc1ccc(Oc2ccccc2C(C)=O)cc1. The maximum Gasteiger partial charge on any atom is 0.163 e. The highest BCUT2D eigenvalue weighted by Gasteiger charge is 2.08. The number of Topliss-reactive ketones (excluding diaryl/α,β-unsaturated/α-hetero) is 1. The molecular weight excluding hydrogens is 248 g/mol. The molecular formula is C18H20O2. The molecule has 0 saturated carbocycles. The van der Waals surface area contributed by atoms with Crippen molar-refractivity contribution in [2.24, 2.45) is 0 Å². The Bertz CT molecular complexity index is 570. The van der Waals surface area contributed by atoms with Gasteiger partial charge in [0.25, 0.3) is 0 Å². The number of carbonyl (C=O) groups is 1. The van der Waals surface area contributed by atoms with Gasteiger partial charge in [0.15, 0.2) is 5.78 Å². The lowest BCUT2D eigenvalue weighted by Gasteiger charge is -2.09. The number of aryl methyl sites for hydroxylation is 1. The van der Waals surface area contributed by atoms with E-state index in [0.717, 1.165) is 12.2 Å². The van der Waals surface area contributed by atoms with E-state index in [-0.39, 0.29) is 5.78 Å². The zero-order valence-corrected chi connectivity index (χ0v) is 12.1. The van der Waals surface area contributed by atoms with Gasteiger partial charge in [-0.25, -0.2) is 0 Å². The molecule has 104 valence electrons. The molecule has 0 fully saturated rings. The summed E-state index contributed by atoms with van der Waals surface area (Å²) in [6.45, 7) is 3.74. The predicted molar refractivity (Wildman–Crippen MR) is 81.6 cm³/mol. The van der Waals surface area contributed by atoms with Crippen molar-refractivity contribution in [3.8, 4) is 11.5 Å². The zero-order valence-electron chi connectivity index (χ0n) is 12.1. The fourth-order valence-corrected chi connectivity index (χ4v) is 2.08. The summed E-state index contributed by atoms with van der Waals surface area (Å²) in [4.78, 5) is 11.5. The van der Waals surface area contributed by atoms with Crippen molar-refractivity contribution in [1.29, 1.82) is 0 Å². The molecule has 0 spiro atoms. The van der Waals surface area contributed by atoms with Crippen molar-refractivity contribution in [3.05, 3.63) is 59.7 Å². The third kappa shape index (κ3) is 3.70. The van der Waals surface area contributed by atoms with Crippen molar-refractivity contribution >= 4 is 5.78 Å². The lowest BCUT2D eigenvalue weighted by molar-refractivity contribution is 0.101. The molecule has 20 heavy (non-hydrogen) atoms. The molecule has 0 bridgehead atoms. The highest BCUT2D eigenvalue weighted by Crippen LogP contribution is 2.26. The minimum atomic E-state index is 0.0140. The summed E-state index contributed by atoms with van der Waals surface area (Å²) in [6, 6.07) is 15.4. The van der Waals surface area contributed by atoms with Gasteiger partial charge in [-0.2, -0.15) is 0 Å². The van der Waals surface area contributed by atoms with Crippen LogP contribution in [0.4, 0.5) is 0 Å². The van der Waals surface area contributed by atoms with Crippen LogP contribution >= 0.6 is 0 Å². The molecule has 0 aliphatic carbocycles. The van der Waals surface area contributed by atoms with E-state index in [1.165, 1.54) is 18.4 Å². The number of hydrogen-bond donors (Lipinski definition) is 0. The van der Waals surface area contributed by atoms with Crippen LogP contribution in [0, 0.1) is 0 Å². The molecule has 0 radical (unpaired) electrons. The number of ether oxygens (including phenoxy) is 1. The minimum absolute atomic E-state index is 0.0140. The van der Waals surface area contributed by atoms with Gasteiger partial charge in [0.05, 0.1) is 5.56 Å². The van der Waals surface area contributed by atoms with Gasteiger partial charge in [-0.3, -0.25) is 4.79 Å². The average Bonchev–Trinajstić information content (AvgIpc) is 2.47. The number of unbranched alkanes of at least 4 members (excludes halogenated alkanes) is 1. The van der Waals surface area contributed by atoms with E-state index < -0.39 is 0 Å². The summed E-state index contributed by atoms with van der Waals surface area (Å²) in [7, 11) is 0. The monoisotopic (exact) mass is 268 g/mol. The molecule has 0 unspecified atom stereocenters. The first-order valence-electron chi connectivity index (χ1n) is 7.07. The summed E-state index contributed by atoms with van der Waals surface area (Å²) < 4.78 is 5.81. The first-order chi connectivity index (χ1) is 9.70. The molecule has 0 N–H and O–H groups in total. The molecule has 2 rings (SSSR count). The Hall–Kier alpha value is -2.09. The highest BCUT2D eigenvalue weighted by molar-refractivity contribution is 5.96. The molecule has 2 nitrogen and oxygen atoms in total. The van der Waals surface area contributed by atoms with Crippen LogP contribution in [-0.4, -0.2) is 5.78 Å². The normalized spacial score (nSPS) is 10.3. The van der Waals surface area contributed by atoms with Crippen LogP contribution in [0.15, 0.2) is 48.5 Å². The first-order valence-corrected chi connectivity index (χ1v) is 7.07. The maximum absolute atomic E-state index is 11.5. The van der Waals surface area contributed by atoms with Gasteiger partial charge in [0, 0.05) is 0 Å². The van der Waals surface area contributed by atoms with E-state index in [9.17, 15) is 4.79 Å². The number of hydrogen-bond acceptors (Lipinski definition) is 2. The molecule has 0 heterocycles. The topological polar surface area (TPSA) is 26.3 Å². The first kappa shape index (κ1) is 14.3. The van der Waals surface area contributed by atoms with Crippen molar-refractivity contribution in [2.75, 3.05) is 0 Å². The van der Waals surface area contributed by atoms with Gasteiger partial charge < -0.3 is 4.74 Å². The molecule has 0 atom stereocenters. The number of ketones is 1. The second-order valence-corrected chi connectivity index (χ2v) is 4.90. The van der Waals surface area contributed by atoms with Gasteiger partial charge >= 0.3 is 0 Å². The third-order valence-corrected chi connectivity index (χ3v) is 3.24. The number of carbonyl (C=O) groups excluding carboxylic acids is 1. The smallest absolute Gasteiger partial charge is 0.163 e. The molecule has 0 saturated heterocycles. The quantitative estimate of drug-likeness (QED) is 0.687. The average molecular weight is 268 g/mol. The van der Waals surface area contributed by atoms with Crippen molar-refractivity contribution in [3.63, 3.8) is 0 Å². The molecule has 0 aliphatic rings. The Morgan fingerprint density at radius 1 is 1.05 bits per heavy atom. The van der Waals surface area contributed by atoms with Crippen LogP contribution < -0.4 is 4.74 Å². The molecule has 0 aliphatic heterocycles. The second-order valence-electron chi connectivity index (χ2n) is 4.90. The van der Waals surface area contributed by atoms with Gasteiger partial charge in [0.2, 0.25) is 0 Å². The second kappa shape index (κ2) is 6.90. The summed E-state index contributed by atoms with van der Waals surface area (Å²) in [6.07, 6.45) is 3.50. The Balaban J connectivity index is 2.12. The van der Waals surface area contributed by atoms with Crippen LogP contribution in [0.2, 0.25) is 0 Å². The molecule has 2 aromatic rings. The summed E-state index contributed by atoms with van der Waals surface area (Å²) in [5.74, 6) is 1.39. The standard InChI is InChI=1S/C18H20O2/c1-3-4-7-15-10-12-16(13-11-15)20-18-9-6-5-8-17(18)14(2)19/h5-6,8-13H,3-4,7H2,1-2H3. The Morgan fingerprint density at radius 2 is 1.75 bits per heavy atom. The van der Waals surface area contributed by atoms with Gasteiger partial charge in [-0.05, 0) is 49.6 Å². The van der Waals surface area contributed by atoms with Gasteiger partial charge in [-0.15, -0.1) is 0 Å². The van der Waals surface area contributed by atoms with Crippen LogP contribution in [-0.2, 0) is 6.42 Å². The molecule has 2 heteroatoms. The fourth-order valence-electron chi connectivity index (χ4n) is 2.08. The Labute approximate surface area is 120 Å². The third-order valence-electron chi connectivity index (χ3n) is 3.24. The van der Waals surface area contributed by atoms with Crippen molar-refractivity contribution in [2.45, 2.75) is 33.1 Å². The van der Waals surface area contributed by atoms with E-state index in [1.807, 2.05) is 30.3 Å². The lowest BCUT2D eigenvalue weighted by atomic mass is 10.1. The van der Waals surface area contributed by atoms with E-state index in [1.54, 1.807) is 13.0 Å². The van der Waals surface area contributed by atoms with Crippen LogP contribution in [0.5, 0.6) is 11.5 Å². The zero-order chi connectivity index (χ0) is 14.4. The van der Waals surface area contributed by atoms with E-state index in [2.05, 4.69) is 19.1 Å². The number of benzene rings is 2. The fraction of sp³-hybridized carbons (Fsp3) is 0.278. The van der Waals surface area contributed by atoms with Crippen molar-refractivity contribution in [1.82, 2.24) is 0 Å². The maximum atomic E-state index is 11.5. The van der Waals surface area contributed by atoms with E-state index in [0.29, 0.717) is 11.3 Å². The predicted octanol–water partition coefficient (Wildman–Crippen LogP) is 5.02. The van der Waals surface area contributed by atoms with E-state index >= 15 is 0 Å². The van der Waals surface area contributed by atoms with Gasteiger partial charge in [0.1, 0.15) is 11.5 Å². The summed E-state index contributed by atoms with van der Waals surface area (Å²) >= 11 is 0. The molecule has 0 amide bonds. The van der Waals surface area contributed by atoms with Crippen LogP contribution in [0.1, 0.15) is 42.6 Å². The molecule has 2 aromatic carbocycles. The Kier molecular flexibility index (Phi) is 4.94. The van der Waals surface area contributed by atoms with E-state index in [4.69, 9.17) is 4.74 Å². The minimum Gasteiger partial charge on any atom is -0.457 e. The lowest BCUT2D eigenvalue weighted by Crippen LogP contribution is -1.96. The largest absolute Gasteiger partial charge is 0.457 e. The molecule has 0 aromatic heterocycles. The van der Waals surface area contributed by atoms with Crippen molar-refractivity contribution < 1.29 is 9.53 Å². The Morgan fingerprint density at radius 3 is 2.40 bits per heavy atom. The summed E-state index contributed by atoms with van der Waals surface area (Å²) in [5, 5.41) is 0. The van der Waals surface area contributed by atoms with Crippen LogP contribution in [0.3, 0.4) is 0 Å². The summed E-state index contributed by atoms with van der Waals surface area (Å²) in [5.41, 5.74) is 1.93. The number of rotatable bonds is 6. The van der Waals surface area contributed by atoms with Gasteiger partial charge in [-0.1, -0.05) is 37.6 Å². The van der Waals surface area contributed by atoms with Crippen LogP contribution in [0.25, 0.3) is 0 Å². The highest BCUT2D eigenvalue weighted by atomic mass is 16.5. The number of para-hydroxylation sites is 1.